The molecule has 0 saturated heterocycles. The second kappa shape index (κ2) is 7.70. The van der Waals surface area contributed by atoms with E-state index >= 15 is 0 Å². The Balaban J connectivity index is 2.19. The molecular formula is C16H22ClNO4. The van der Waals surface area contributed by atoms with Gasteiger partial charge < -0.3 is 19.1 Å². The maximum absolute atomic E-state index is 12.2. The van der Waals surface area contributed by atoms with Gasteiger partial charge in [-0.25, -0.2) is 0 Å². The summed E-state index contributed by atoms with van der Waals surface area (Å²) in [6.45, 7) is 0.451. The van der Waals surface area contributed by atoms with Crippen molar-refractivity contribution in [2.45, 2.75) is 31.5 Å². The summed E-state index contributed by atoms with van der Waals surface area (Å²) in [5.41, 5.74) is 0.904. The lowest BCUT2D eigenvalue weighted by molar-refractivity contribution is -0.137. The van der Waals surface area contributed by atoms with Crippen molar-refractivity contribution < 1.29 is 19.0 Å². The van der Waals surface area contributed by atoms with E-state index in [2.05, 4.69) is 0 Å². The molecule has 0 heterocycles. The quantitative estimate of drug-likeness (QED) is 0.722. The number of carbonyl (C=O) groups is 1. The summed E-state index contributed by atoms with van der Waals surface area (Å²) >= 11 is 5.76. The Kier molecular flexibility index (Phi) is 5.91. The highest BCUT2D eigenvalue weighted by Gasteiger charge is 2.36. The number of alkyl halides is 1. The SMILES string of the molecule is COc1cccc(CN(C(=O)CCl)C2CC(OC)C2)c1OC. The molecule has 1 aliphatic carbocycles. The van der Waals surface area contributed by atoms with Crippen LogP contribution in [0, 0.1) is 0 Å². The molecule has 0 radical (unpaired) electrons. The van der Waals surface area contributed by atoms with Crippen molar-refractivity contribution in [1.29, 1.82) is 0 Å². The minimum absolute atomic E-state index is 0.0273. The lowest BCUT2D eigenvalue weighted by atomic mass is 9.87. The summed E-state index contributed by atoms with van der Waals surface area (Å²) in [5.74, 6) is 1.20. The highest BCUT2D eigenvalue weighted by molar-refractivity contribution is 6.27. The lowest BCUT2D eigenvalue weighted by Crippen LogP contribution is -2.50. The van der Waals surface area contributed by atoms with Crippen molar-refractivity contribution in [2.75, 3.05) is 27.2 Å². The molecule has 1 fully saturated rings. The Labute approximate surface area is 136 Å². The van der Waals surface area contributed by atoms with E-state index in [-0.39, 0.29) is 23.9 Å². The molecule has 1 saturated carbocycles. The Morgan fingerprint density at radius 2 is 2.00 bits per heavy atom. The smallest absolute Gasteiger partial charge is 0.238 e. The van der Waals surface area contributed by atoms with Gasteiger partial charge in [0, 0.05) is 25.3 Å². The first-order chi connectivity index (χ1) is 10.6. The number of amides is 1. The third kappa shape index (κ3) is 3.47. The third-order valence-electron chi connectivity index (χ3n) is 4.10. The molecule has 1 aromatic rings. The summed E-state index contributed by atoms with van der Waals surface area (Å²) in [6.07, 6.45) is 1.90. The molecule has 5 nitrogen and oxygen atoms in total. The summed E-state index contributed by atoms with van der Waals surface area (Å²) in [4.78, 5) is 14.0. The topological polar surface area (TPSA) is 48.0 Å². The van der Waals surface area contributed by atoms with Gasteiger partial charge in [-0.15, -0.1) is 11.6 Å². The predicted molar refractivity (Wildman–Crippen MR) is 84.6 cm³/mol. The number of carbonyl (C=O) groups excluding carboxylic acids is 1. The van der Waals surface area contributed by atoms with Crippen LogP contribution in [0.4, 0.5) is 0 Å². The maximum Gasteiger partial charge on any atom is 0.238 e. The monoisotopic (exact) mass is 327 g/mol. The molecule has 0 bridgehead atoms. The fourth-order valence-corrected chi connectivity index (χ4v) is 2.90. The lowest BCUT2D eigenvalue weighted by Gasteiger charge is -2.42. The predicted octanol–water partition coefficient (Wildman–Crippen LogP) is 2.45. The molecule has 0 aliphatic heterocycles. The molecule has 0 aromatic heterocycles. The van der Waals surface area contributed by atoms with Gasteiger partial charge in [-0.3, -0.25) is 4.79 Å². The Bertz CT molecular complexity index is 517. The van der Waals surface area contributed by atoms with Crippen LogP contribution in [-0.4, -0.2) is 50.2 Å². The van der Waals surface area contributed by atoms with Gasteiger partial charge in [0.2, 0.25) is 5.91 Å². The van der Waals surface area contributed by atoms with Crippen molar-refractivity contribution in [2.24, 2.45) is 0 Å². The molecule has 1 aromatic carbocycles. The summed E-state index contributed by atoms with van der Waals surface area (Å²) < 4.78 is 16.0. The van der Waals surface area contributed by atoms with Crippen molar-refractivity contribution in [1.82, 2.24) is 4.90 Å². The number of hydrogen-bond donors (Lipinski definition) is 0. The van der Waals surface area contributed by atoms with Crippen molar-refractivity contribution in [3.63, 3.8) is 0 Å². The van der Waals surface area contributed by atoms with E-state index in [1.807, 2.05) is 18.2 Å². The van der Waals surface area contributed by atoms with Crippen LogP contribution in [0.2, 0.25) is 0 Å². The van der Waals surface area contributed by atoms with E-state index < -0.39 is 0 Å². The van der Waals surface area contributed by atoms with Crippen LogP contribution in [0.1, 0.15) is 18.4 Å². The largest absolute Gasteiger partial charge is 0.493 e. The van der Waals surface area contributed by atoms with E-state index in [0.717, 1.165) is 18.4 Å². The van der Waals surface area contributed by atoms with Crippen LogP contribution >= 0.6 is 11.6 Å². The van der Waals surface area contributed by atoms with E-state index in [4.69, 9.17) is 25.8 Å². The van der Waals surface area contributed by atoms with Gasteiger partial charge >= 0.3 is 0 Å². The number of rotatable bonds is 7. The summed E-state index contributed by atoms with van der Waals surface area (Å²) in [7, 11) is 4.89. The molecular weight excluding hydrogens is 306 g/mol. The zero-order chi connectivity index (χ0) is 16.1. The van der Waals surface area contributed by atoms with Crippen LogP contribution in [0.5, 0.6) is 11.5 Å². The highest BCUT2D eigenvalue weighted by Crippen LogP contribution is 2.34. The Morgan fingerprint density at radius 1 is 1.27 bits per heavy atom. The molecule has 0 N–H and O–H groups in total. The number of methoxy groups -OCH3 is 3. The molecule has 6 heteroatoms. The summed E-state index contributed by atoms with van der Waals surface area (Å²) in [5, 5.41) is 0. The Hall–Kier alpha value is -1.46. The fourth-order valence-electron chi connectivity index (χ4n) is 2.74. The molecule has 1 aliphatic rings. The number of halogens is 1. The van der Waals surface area contributed by atoms with Crippen LogP contribution < -0.4 is 9.47 Å². The third-order valence-corrected chi connectivity index (χ3v) is 4.33. The standard InChI is InChI=1S/C16H22ClNO4/c1-20-13-7-12(8-13)18(15(19)9-17)10-11-5-4-6-14(21-2)16(11)22-3/h4-6,12-13H,7-10H2,1-3H3. The second-order valence-corrected chi connectivity index (χ2v) is 5.56. The van der Waals surface area contributed by atoms with Crippen molar-refractivity contribution >= 4 is 17.5 Å². The van der Waals surface area contributed by atoms with E-state index in [9.17, 15) is 4.79 Å². The molecule has 1 amide bonds. The zero-order valence-electron chi connectivity index (χ0n) is 13.2. The van der Waals surface area contributed by atoms with Gasteiger partial charge in [-0.05, 0) is 18.9 Å². The average Bonchev–Trinajstić information content (AvgIpc) is 2.51. The molecule has 0 unspecified atom stereocenters. The number of ether oxygens (including phenoxy) is 3. The van der Waals surface area contributed by atoms with Gasteiger partial charge in [-0.1, -0.05) is 12.1 Å². The fraction of sp³-hybridized carbons (Fsp3) is 0.562. The summed E-state index contributed by atoms with van der Waals surface area (Å²) in [6, 6.07) is 5.81. The van der Waals surface area contributed by atoms with E-state index in [0.29, 0.717) is 18.0 Å². The second-order valence-electron chi connectivity index (χ2n) is 5.29. The van der Waals surface area contributed by atoms with Crippen molar-refractivity contribution in [3.8, 4) is 11.5 Å². The number of nitrogens with zero attached hydrogens (tertiary/aromatic N) is 1. The van der Waals surface area contributed by atoms with E-state index in [1.165, 1.54) is 0 Å². The first-order valence-electron chi connectivity index (χ1n) is 7.22. The molecule has 122 valence electrons. The molecule has 22 heavy (non-hydrogen) atoms. The van der Waals surface area contributed by atoms with Gasteiger partial charge in [0.15, 0.2) is 11.5 Å². The van der Waals surface area contributed by atoms with E-state index in [1.54, 1.807) is 26.2 Å². The Morgan fingerprint density at radius 3 is 2.55 bits per heavy atom. The van der Waals surface area contributed by atoms with Gasteiger partial charge in [0.05, 0.1) is 20.3 Å². The van der Waals surface area contributed by atoms with Crippen LogP contribution in [0.3, 0.4) is 0 Å². The normalized spacial score (nSPS) is 20.2. The maximum atomic E-state index is 12.2. The molecule has 2 rings (SSSR count). The van der Waals surface area contributed by atoms with Gasteiger partial charge in [0.1, 0.15) is 5.88 Å². The zero-order valence-corrected chi connectivity index (χ0v) is 13.9. The number of hydrogen-bond acceptors (Lipinski definition) is 4. The highest BCUT2D eigenvalue weighted by atomic mass is 35.5. The van der Waals surface area contributed by atoms with Crippen LogP contribution in [-0.2, 0) is 16.1 Å². The van der Waals surface area contributed by atoms with Gasteiger partial charge in [-0.2, -0.15) is 0 Å². The first-order valence-corrected chi connectivity index (χ1v) is 7.76. The number of para-hydroxylation sites is 1. The van der Waals surface area contributed by atoms with Crippen LogP contribution in [0.25, 0.3) is 0 Å². The van der Waals surface area contributed by atoms with Crippen LogP contribution in [0.15, 0.2) is 18.2 Å². The average molecular weight is 328 g/mol. The minimum Gasteiger partial charge on any atom is -0.493 e. The number of benzene rings is 1. The first kappa shape index (κ1) is 16.9. The molecule has 0 atom stereocenters. The van der Waals surface area contributed by atoms with Crippen molar-refractivity contribution in [3.05, 3.63) is 23.8 Å². The minimum atomic E-state index is -0.0777. The molecule has 0 spiro atoms. The van der Waals surface area contributed by atoms with Gasteiger partial charge in [0.25, 0.3) is 0 Å².